The number of aromatic nitrogens is 2. The molecule has 0 amide bonds. The minimum absolute atomic E-state index is 0.0216. The average molecular weight is 396 g/mol. The molecule has 0 saturated carbocycles. The first-order valence-corrected chi connectivity index (χ1v) is 9.89. The Hall–Kier alpha value is -3.39. The number of aryl methyl sites for hydroxylation is 2. The predicted molar refractivity (Wildman–Crippen MR) is 103 cm³/mol. The van der Waals surface area contributed by atoms with Crippen molar-refractivity contribution in [3.05, 3.63) is 88.3 Å². The third kappa shape index (κ3) is 2.78. The Kier molecular flexibility index (Phi) is 4.08. The second-order valence-electron chi connectivity index (χ2n) is 6.45. The smallest absolute Gasteiger partial charge is 0.349 e. The van der Waals surface area contributed by atoms with E-state index in [1.165, 1.54) is 18.2 Å². The van der Waals surface area contributed by atoms with Crippen molar-refractivity contribution in [3.8, 4) is 0 Å². The topological polar surface area (TPSA) is 91.3 Å². The molecule has 142 valence electrons. The van der Waals surface area contributed by atoms with Crippen LogP contribution in [0.15, 0.2) is 75.0 Å². The maximum absolute atomic E-state index is 12.8. The van der Waals surface area contributed by atoms with Gasteiger partial charge in [0.2, 0.25) is 0 Å². The van der Waals surface area contributed by atoms with Gasteiger partial charge in [-0.3, -0.25) is 4.79 Å². The molecule has 4 rings (SSSR count). The maximum atomic E-state index is 12.8. The first-order valence-electron chi connectivity index (χ1n) is 8.45. The normalized spacial score (nSPS) is 11.8. The number of hydrogen-bond acceptors (Lipinski definition) is 5. The lowest BCUT2D eigenvalue weighted by Gasteiger charge is -2.07. The molecule has 2 aromatic carbocycles. The van der Waals surface area contributed by atoms with E-state index in [9.17, 15) is 18.0 Å². The van der Waals surface area contributed by atoms with E-state index in [-0.39, 0.29) is 10.7 Å². The molecule has 0 spiro atoms. The summed E-state index contributed by atoms with van der Waals surface area (Å²) in [5, 5.41) is 0.709. The summed E-state index contributed by atoms with van der Waals surface area (Å²) >= 11 is 0. The van der Waals surface area contributed by atoms with Crippen LogP contribution in [-0.2, 0) is 10.0 Å². The molecule has 4 aromatic rings. The molecule has 8 heteroatoms. The standard InChI is InChI=1S/C20H16N2O5S/c1-13-7-8-16(11-14(13)2)28(25,26)22-10-9-21(20(22)24)19(23)18-12-15-5-3-4-6-17(15)27-18/h3-12H,1-2H3. The highest BCUT2D eigenvalue weighted by Gasteiger charge is 2.24. The van der Waals surface area contributed by atoms with Gasteiger partial charge in [-0.25, -0.2) is 17.8 Å². The van der Waals surface area contributed by atoms with Gasteiger partial charge in [0.1, 0.15) is 5.58 Å². The van der Waals surface area contributed by atoms with E-state index in [0.717, 1.165) is 28.1 Å². The Morgan fingerprint density at radius 2 is 1.71 bits per heavy atom. The van der Waals surface area contributed by atoms with Gasteiger partial charge in [-0.1, -0.05) is 24.3 Å². The van der Waals surface area contributed by atoms with Crippen LogP contribution < -0.4 is 5.69 Å². The second kappa shape index (κ2) is 6.35. The first kappa shape index (κ1) is 18.0. The molecule has 2 aromatic heterocycles. The molecule has 0 unspecified atom stereocenters. The minimum atomic E-state index is -4.13. The molecule has 0 aliphatic rings. The van der Waals surface area contributed by atoms with Crippen molar-refractivity contribution in [1.82, 2.24) is 8.54 Å². The van der Waals surface area contributed by atoms with Gasteiger partial charge in [0, 0.05) is 17.8 Å². The molecule has 28 heavy (non-hydrogen) atoms. The highest BCUT2D eigenvalue weighted by atomic mass is 32.2. The van der Waals surface area contributed by atoms with Gasteiger partial charge < -0.3 is 4.42 Å². The number of furan rings is 1. The fraction of sp³-hybridized carbons (Fsp3) is 0.100. The van der Waals surface area contributed by atoms with Crippen molar-refractivity contribution >= 4 is 26.9 Å². The number of fused-ring (bicyclic) bond motifs is 1. The van der Waals surface area contributed by atoms with Gasteiger partial charge in [-0.2, -0.15) is 3.97 Å². The predicted octanol–water partition coefficient (Wildman–Crippen LogP) is 2.94. The number of para-hydroxylation sites is 1. The van der Waals surface area contributed by atoms with Gasteiger partial charge in [-0.15, -0.1) is 0 Å². The van der Waals surface area contributed by atoms with E-state index in [1.54, 1.807) is 37.3 Å². The lowest BCUT2D eigenvalue weighted by Crippen LogP contribution is -2.32. The van der Waals surface area contributed by atoms with Crippen molar-refractivity contribution in [2.45, 2.75) is 18.7 Å². The summed E-state index contributed by atoms with van der Waals surface area (Å²) in [7, 11) is -4.13. The summed E-state index contributed by atoms with van der Waals surface area (Å²) < 4.78 is 32.4. The SMILES string of the molecule is Cc1ccc(S(=O)(=O)n2ccn(C(=O)c3cc4ccccc4o3)c2=O)cc1C. The van der Waals surface area contributed by atoms with E-state index < -0.39 is 21.6 Å². The molecule has 0 fully saturated rings. The van der Waals surface area contributed by atoms with Gasteiger partial charge in [0.05, 0.1) is 4.90 Å². The van der Waals surface area contributed by atoms with Crippen LogP contribution in [0.25, 0.3) is 11.0 Å². The molecule has 0 saturated heterocycles. The lowest BCUT2D eigenvalue weighted by atomic mass is 10.1. The van der Waals surface area contributed by atoms with Crippen molar-refractivity contribution in [2.24, 2.45) is 0 Å². The van der Waals surface area contributed by atoms with Crippen molar-refractivity contribution in [1.29, 1.82) is 0 Å². The van der Waals surface area contributed by atoms with Crippen molar-refractivity contribution < 1.29 is 17.6 Å². The summed E-state index contributed by atoms with van der Waals surface area (Å²) in [5.41, 5.74) is 1.24. The fourth-order valence-corrected chi connectivity index (χ4v) is 4.19. The Balaban J connectivity index is 1.77. The van der Waals surface area contributed by atoms with E-state index in [4.69, 9.17) is 4.42 Å². The molecule has 2 heterocycles. The van der Waals surface area contributed by atoms with Crippen LogP contribution in [0.2, 0.25) is 0 Å². The summed E-state index contributed by atoms with van der Waals surface area (Å²) in [5.74, 6) is -0.792. The van der Waals surface area contributed by atoms with Crippen molar-refractivity contribution in [3.63, 3.8) is 0 Å². The van der Waals surface area contributed by atoms with E-state index in [2.05, 4.69) is 0 Å². The quantitative estimate of drug-likeness (QED) is 0.531. The van der Waals surface area contributed by atoms with E-state index in [1.807, 2.05) is 6.92 Å². The number of benzene rings is 2. The van der Waals surface area contributed by atoms with Crippen LogP contribution in [0.5, 0.6) is 0 Å². The zero-order valence-corrected chi connectivity index (χ0v) is 15.9. The summed E-state index contributed by atoms with van der Waals surface area (Å²) in [6, 6.07) is 13.1. The zero-order valence-electron chi connectivity index (χ0n) is 15.1. The number of imidazole rings is 1. The molecule has 0 aliphatic heterocycles. The third-order valence-corrected chi connectivity index (χ3v) is 6.28. The largest absolute Gasteiger partial charge is 0.451 e. The Morgan fingerprint density at radius 3 is 2.43 bits per heavy atom. The highest BCUT2D eigenvalue weighted by Crippen LogP contribution is 2.20. The van der Waals surface area contributed by atoms with Gasteiger partial charge in [0.25, 0.3) is 10.0 Å². The van der Waals surface area contributed by atoms with Gasteiger partial charge in [0.15, 0.2) is 5.76 Å². The van der Waals surface area contributed by atoms with Crippen LogP contribution in [0, 0.1) is 13.8 Å². The number of carbonyl (C=O) groups is 1. The Labute approximate surface area is 160 Å². The van der Waals surface area contributed by atoms with Gasteiger partial charge >= 0.3 is 11.6 Å². The molecule has 0 atom stereocenters. The summed E-state index contributed by atoms with van der Waals surface area (Å²) in [6.45, 7) is 3.65. The Bertz CT molecular complexity index is 1360. The monoisotopic (exact) mass is 396 g/mol. The van der Waals surface area contributed by atoms with Crippen LogP contribution >= 0.6 is 0 Å². The molecular formula is C20H16N2O5S. The van der Waals surface area contributed by atoms with Crippen LogP contribution in [-0.4, -0.2) is 22.9 Å². The molecule has 0 bridgehead atoms. The Morgan fingerprint density at radius 1 is 0.964 bits per heavy atom. The molecule has 7 nitrogen and oxygen atoms in total. The average Bonchev–Trinajstić information content (AvgIpc) is 3.27. The number of nitrogens with zero attached hydrogens (tertiary/aromatic N) is 2. The number of rotatable bonds is 3. The van der Waals surface area contributed by atoms with Crippen LogP contribution in [0.1, 0.15) is 21.7 Å². The van der Waals surface area contributed by atoms with Crippen LogP contribution in [0.3, 0.4) is 0 Å². The summed E-state index contributed by atoms with van der Waals surface area (Å²) in [4.78, 5) is 25.3. The zero-order chi connectivity index (χ0) is 20.1. The lowest BCUT2D eigenvalue weighted by molar-refractivity contribution is 0.0930. The van der Waals surface area contributed by atoms with E-state index in [0.29, 0.717) is 14.9 Å². The minimum Gasteiger partial charge on any atom is -0.451 e. The van der Waals surface area contributed by atoms with Crippen molar-refractivity contribution in [2.75, 3.05) is 0 Å². The maximum Gasteiger partial charge on any atom is 0.349 e. The summed E-state index contributed by atoms with van der Waals surface area (Å²) in [6.07, 6.45) is 2.18. The number of hydrogen-bond donors (Lipinski definition) is 0. The van der Waals surface area contributed by atoms with E-state index >= 15 is 0 Å². The third-order valence-electron chi connectivity index (χ3n) is 4.64. The van der Waals surface area contributed by atoms with Crippen LogP contribution in [0.4, 0.5) is 0 Å². The molecule has 0 radical (unpaired) electrons. The van der Waals surface area contributed by atoms with Gasteiger partial charge in [-0.05, 0) is 49.2 Å². The molecule has 0 aliphatic carbocycles. The number of carbonyl (C=O) groups excluding carboxylic acids is 1. The second-order valence-corrected chi connectivity index (χ2v) is 8.27. The first-order chi connectivity index (χ1) is 13.3. The molecule has 0 N–H and O–H groups in total. The fourth-order valence-electron chi connectivity index (χ4n) is 2.89. The molecular weight excluding hydrogens is 380 g/mol. The highest BCUT2D eigenvalue weighted by molar-refractivity contribution is 7.90.